The summed E-state index contributed by atoms with van der Waals surface area (Å²) in [6.45, 7) is 1.88. The summed E-state index contributed by atoms with van der Waals surface area (Å²) >= 11 is 3.02. The molecule has 0 bridgehead atoms. The molecule has 0 saturated heterocycles. The molecule has 1 aromatic heterocycles. The zero-order chi connectivity index (χ0) is 11.4. The second-order valence-corrected chi connectivity index (χ2v) is 5.14. The lowest BCUT2D eigenvalue weighted by Gasteiger charge is -2.00. The third kappa shape index (κ3) is 2.60. The first kappa shape index (κ1) is 11.1. The molecule has 0 fully saturated rings. The highest BCUT2D eigenvalue weighted by molar-refractivity contribution is 8.00. The van der Waals surface area contributed by atoms with Gasteiger partial charge in [-0.05, 0) is 30.1 Å². The summed E-state index contributed by atoms with van der Waals surface area (Å²) in [5.74, 6) is 1.57. The van der Waals surface area contributed by atoms with Gasteiger partial charge in [0.25, 0.3) is 0 Å². The van der Waals surface area contributed by atoms with Crippen LogP contribution in [0.25, 0.3) is 0 Å². The van der Waals surface area contributed by atoms with Crippen molar-refractivity contribution in [3.63, 3.8) is 0 Å². The van der Waals surface area contributed by atoms with Crippen LogP contribution in [0.2, 0.25) is 0 Å². The van der Waals surface area contributed by atoms with E-state index in [-0.39, 0.29) is 0 Å². The molecular weight excluding hydrogens is 238 g/mol. The van der Waals surface area contributed by atoms with Crippen molar-refractivity contribution in [2.75, 3.05) is 0 Å². The van der Waals surface area contributed by atoms with Gasteiger partial charge in [-0.25, -0.2) is 4.98 Å². The molecule has 0 saturated carbocycles. The topological polar surface area (TPSA) is 49.6 Å². The molecule has 80 valence electrons. The molecule has 0 spiro atoms. The minimum absolute atomic E-state index is 0.733. The molecule has 0 aliphatic rings. The van der Waals surface area contributed by atoms with Gasteiger partial charge in [-0.3, -0.25) is 0 Å². The quantitative estimate of drug-likeness (QED) is 0.782. The molecule has 2 aromatic rings. The molecular formula is C11H9N3S2. The lowest BCUT2D eigenvalue weighted by atomic mass is 10.1. The first-order valence-corrected chi connectivity index (χ1v) is 6.46. The van der Waals surface area contributed by atoms with Gasteiger partial charge in [-0.1, -0.05) is 30.0 Å². The Morgan fingerprint density at radius 1 is 1.44 bits per heavy atom. The van der Waals surface area contributed by atoms with E-state index in [2.05, 4.69) is 15.4 Å². The first-order chi connectivity index (χ1) is 7.79. The van der Waals surface area contributed by atoms with Gasteiger partial charge in [0, 0.05) is 5.75 Å². The number of benzene rings is 1. The van der Waals surface area contributed by atoms with Crippen molar-refractivity contribution < 1.29 is 0 Å². The zero-order valence-corrected chi connectivity index (χ0v) is 10.3. The third-order valence-corrected chi connectivity index (χ3v) is 3.97. The average molecular weight is 247 g/mol. The summed E-state index contributed by atoms with van der Waals surface area (Å²) in [4.78, 5) is 4.27. The molecule has 0 aliphatic heterocycles. The van der Waals surface area contributed by atoms with Gasteiger partial charge < -0.3 is 0 Å². The molecule has 0 radical (unpaired) electrons. The van der Waals surface area contributed by atoms with Crippen LogP contribution in [0.3, 0.4) is 0 Å². The maximum Gasteiger partial charge on any atom is 0.170 e. The fraction of sp³-hybridized carbons (Fsp3) is 0.182. The Balaban J connectivity index is 2.08. The van der Waals surface area contributed by atoms with E-state index in [1.54, 1.807) is 11.8 Å². The SMILES string of the molecule is Cc1nsc(SCc2ccccc2C#N)n1. The van der Waals surface area contributed by atoms with E-state index in [0.29, 0.717) is 0 Å². The standard InChI is InChI=1S/C11H9N3S2/c1-8-13-11(16-14-8)15-7-10-5-3-2-4-9(10)6-12/h2-5H,7H2,1H3. The number of hydrogen-bond acceptors (Lipinski definition) is 5. The van der Waals surface area contributed by atoms with Crippen LogP contribution in [0.1, 0.15) is 17.0 Å². The lowest BCUT2D eigenvalue weighted by molar-refractivity contribution is 1.10. The fourth-order valence-electron chi connectivity index (χ4n) is 1.23. The molecule has 0 aliphatic carbocycles. The number of rotatable bonds is 3. The molecule has 3 nitrogen and oxygen atoms in total. The zero-order valence-electron chi connectivity index (χ0n) is 8.67. The molecule has 2 rings (SSSR count). The second-order valence-electron chi connectivity index (χ2n) is 3.17. The Labute approximate surface area is 102 Å². The van der Waals surface area contributed by atoms with Gasteiger partial charge in [0.15, 0.2) is 4.34 Å². The Kier molecular flexibility index (Phi) is 3.54. The summed E-state index contributed by atoms with van der Waals surface area (Å²) in [6, 6.07) is 9.82. The van der Waals surface area contributed by atoms with Gasteiger partial charge in [0.2, 0.25) is 0 Å². The Morgan fingerprint density at radius 3 is 2.94 bits per heavy atom. The Hall–Kier alpha value is -1.38. The number of nitrogens with zero attached hydrogens (tertiary/aromatic N) is 3. The van der Waals surface area contributed by atoms with Gasteiger partial charge in [0.1, 0.15) is 5.82 Å². The molecule has 0 atom stereocenters. The monoisotopic (exact) mass is 247 g/mol. The number of aromatic nitrogens is 2. The molecule has 5 heteroatoms. The summed E-state index contributed by atoms with van der Waals surface area (Å²) in [5.41, 5.74) is 1.78. The van der Waals surface area contributed by atoms with Crippen molar-refractivity contribution in [2.24, 2.45) is 0 Å². The van der Waals surface area contributed by atoms with Gasteiger partial charge in [0.05, 0.1) is 11.6 Å². The van der Waals surface area contributed by atoms with Crippen molar-refractivity contribution in [3.05, 3.63) is 41.2 Å². The van der Waals surface area contributed by atoms with E-state index >= 15 is 0 Å². The largest absolute Gasteiger partial charge is 0.213 e. The predicted octanol–water partition coefficient (Wildman–Crippen LogP) is 3.01. The van der Waals surface area contributed by atoms with E-state index < -0.39 is 0 Å². The summed E-state index contributed by atoms with van der Waals surface area (Å²) in [6.07, 6.45) is 0. The highest BCUT2D eigenvalue weighted by Gasteiger charge is 2.04. The Morgan fingerprint density at radius 2 is 2.25 bits per heavy atom. The molecule has 1 aromatic carbocycles. The molecule has 16 heavy (non-hydrogen) atoms. The summed E-state index contributed by atoms with van der Waals surface area (Å²) < 4.78 is 5.07. The van der Waals surface area contributed by atoms with E-state index in [1.807, 2.05) is 31.2 Å². The van der Waals surface area contributed by atoms with E-state index in [1.165, 1.54) is 11.5 Å². The minimum Gasteiger partial charge on any atom is -0.213 e. The van der Waals surface area contributed by atoms with E-state index in [4.69, 9.17) is 5.26 Å². The number of aryl methyl sites for hydroxylation is 1. The summed E-state index contributed by atoms with van der Waals surface area (Å²) in [5, 5.41) is 8.94. The molecule has 1 heterocycles. The van der Waals surface area contributed by atoms with Crippen molar-refractivity contribution in [1.29, 1.82) is 5.26 Å². The normalized spacial score (nSPS) is 10.0. The smallest absolute Gasteiger partial charge is 0.170 e. The lowest BCUT2D eigenvalue weighted by Crippen LogP contribution is -1.86. The number of thioether (sulfide) groups is 1. The van der Waals surface area contributed by atoms with Crippen molar-refractivity contribution >= 4 is 23.3 Å². The van der Waals surface area contributed by atoms with Crippen LogP contribution in [0, 0.1) is 18.3 Å². The van der Waals surface area contributed by atoms with Gasteiger partial charge in [-0.15, -0.1) is 0 Å². The fourth-order valence-corrected chi connectivity index (χ4v) is 2.88. The maximum atomic E-state index is 8.94. The predicted molar refractivity (Wildman–Crippen MR) is 65.4 cm³/mol. The number of hydrogen-bond donors (Lipinski definition) is 0. The molecule has 0 amide bonds. The van der Waals surface area contributed by atoms with E-state index in [9.17, 15) is 0 Å². The maximum absolute atomic E-state index is 8.94. The van der Waals surface area contributed by atoms with Crippen LogP contribution >= 0.6 is 23.3 Å². The number of nitriles is 1. The Bertz CT molecular complexity index is 528. The van der Waals surface area contributed by atoms with Crippen LogP contribution in [0.5, 0.6) is 0 Å². The van der Waals surface area contributed by atoms with Crippen molar-refractivity contribution in [1.82, 2.24) is 9.36 Å². The molecule has 0 N–H and O–H groups in total. The second kappa shape index (κ2) is 5.10. The van der Waals surface area contributed by atoms with Crippen LogP contribution in [-0.4, -0.2) is 9.36 Å². The third-order valence-electron chi connectivity index (χ3n) is 2.00. The van der Waals surface area contributed by atoms with Crippen LogP contribution in [0.15, 0.2) is 28.6 Å². The van der Waals surface area contributed by atoms with Crippen LogP contribution in [-0.2, 0) is 5.75 Å². The van der Waals surface area contributed by atoms with Crippen LogP contribution in [0.4, 0.5) is 0 Å². The minimum atomic E-state index is 0.733. The van der Waals surface area contributed by atoms with Crippen molar-refractivity contribution in [3.8, 4) is 6.07 Å². The van der Waals surface area contributed by atoms with Gasteiger partial charge >= 0.3 is 0 Å². The van der Waals surface area contributed by atoms with Gasteiger partial charge in [-0.2, -0.15) is 9.64 Å². The van der Waals surface area contributed by atoms with E-state index in [0.717, 1.165) is 27.0 Å². The summed E-state index contributed by atoms with van der Waals surface area (Å²) in [7, 11) is 0. The highest BCUT2D eigenvalue weighted by atomic mass is 32.2. The first-order valence-electron chi connectivity index (χ1n) is 4.70. The van der Waals surface area contributed by atoms with Crippen molar-refractivity contribution in [2.45, 2.75) is 17.0 Å². The molecule has 0 unspecified atom stereocenters. The average Bonchev–Trinajstić information content (AvgIpc) is 2.73. The van der Waals surface area contributed by atoms with Crippen LogP contribution < -0.4 is 0 Å². The highest BCUT2D eigenvalue weighted by Crippen LogP contribution is 2.25.